The summed E-state index contributed by atoms with van der Waals surface area (Å²) in [6, 6.07) is 10.1. The van der Waals surface area contributed by atoms with Crippen molar-refractivity contribution >= 4 is 18.3 Å². The molecule has 1 amide bonds. The van der Waals surface area contributed by atoms with Gasteiger partial charge in [-0.1, -0.05) is 30.3 Å². The second kappa shape index (κ2) is 5.74. The van der Waals surface area contributed by atoms with Gasteiger partial charge in [-0.2, -0.15) is 0 Å². The zero-order chi connectivity index (χ0) is 13.5. The van der Waals surface area contributed by atoms with Crippen LogP contribution in [0.15, 0.2) is 30.3 Å². The summed E-state index contributed by atoms with van der Waals surface area (Å²) in [4.78, 5) is 14.9. The van der Waals surface area contributed by atoms with Crippen LogP contribution in [0, 0.1) is 11.8 Å². The number of likely N-dealkylation sites (tertiary alicyclic amines) is 1. The van der Waals surface area contributed by atoms with Gasteiger partial charge < -0.3 is 10.2 Å². The first-order chi connectivity index (χ1) is 9.09. The van der Waals surface area contributed by atoms with Crippen LogP contribution in [0.4, 0.5) is 0 Å². The van der Waals surface area contributed by atoms with Crippen molar-refractivity contribution in [3.05, 3.63) is 35.9 Å². The number of benzene rings is 1. The number of fused-ring (bicyclic) bond motifs is 1. The van der Waals surface area contributed by atoms with Crippen LogP contribution in [0.25, 0.3) is 0 Å². The average Bonchev–Trinajstić information content (AvgIpc) is 2.99. The highest BCUT2D eigenvalue weighted by Gasteiger charge is 2.42. The Morgan fingerprint density at radius 3 is 2.25 bits per heavy atom. The van der Waals surface area contributed by atoms with Crippen LogP contribution >= 0.6 is 12.4 Å². The number of carbonyl (C=O) groups is 1. The maximum atomic E-state index is 12.8. The molecule has 1 N–H and O–H groups in total. The van der Waals surface area contributed by atoms with Crippen LogP contribution in [-0.2, 0) is 10.2 Å². The average molecular weight is 295 g/mol. The van der Waals surface area contributed by atoms with Crippen LogP contribution in [0.5, 0.6) is 0 Å². The molecular weight excluding hydrogens is 272 g/mol. The minimum atomic E-state index is -0.423. The normalized spacial score (nSPS) is 25.2. The summed E-state index contributed by atoms with van der Waals surface area (Å²) < 4.78 is 0. The van der Waals surface area contributed by atoms with Crippen molar-refractivity contribution in [1.82, 2.24) is 10.2 Å². The van der Waals surface area contributed by atoms with Gasteiger partial charge in [0.1, 0.15) is 0 Å². The summed E-state index contributed by atoms with van der Waals surface area (Å²) in [7, 11) is 0. The number of hydrogen-bond donors (Lipinski definition) is 1. The van der Waals surface area contributed by atoms with Crippen LogP contribution in [0.3, 0.4) is 0 Å². The molecule has 110 valence electrons. The molecule has 2 aliphatic rings. The molecule has 3 nitrogen and oxygen atoms in total. The fourth-order valence-electron chi connectivity index (χ4n) is 3.39. The van der Waals surface area contributed by atoms with Crippen molar-refractivity contribution in [2.24, 2.45) is 11.8 Å². The lowest BCUT2D eigenvalue weighted by molar-refractivity contribution is -0.135. The predicted molar refractivity (Wildman–Crippen MR) is 83.1 cm³/mol. The number of hydrogen-bond acceptors (Lipinski definition) is 2. The lowest BCUT2D eigenvalue weighted by atomic mass is 9.83. The highest BCUT2D eigenvalue weighted by molar-refractivity contribution is 5.87. The standard InChI is InChI=1S/C16H22N2O.ClH/c1-16(2,14-6-4-3-5-7-14)15(19)18-10-12-8-17-9-13(12)11-18;/h3-7,12-13,17H,8-11H2,1-2H3;1H/t12-,13+;. The van der Waals surface area contributed by atoms with Crippen LogP contribution in [0.2, 0.25) is 0 Å². The lowest BCUT2D eigenvalue weighted by Crippen LogP contribution is -2.43. The van der Waals surface area contributed by atoms with E-state index >= 15 is 0 Å². The third-order valence-corrected chi connectivity index (χ3v) is 4.71. The van der Waals surface area contributed by atoms with Crippen molar-refractivity contribution in [3.63, 3.8) is 0 Å². The Kier molecular flexibility index (Phi) is 4.40. The number of nitrogens with one attached hydrogen (secondary N) is 1. The van der Waals surface area contributed by atoms with E-state index in [9.17, 15) is 4.79 Å². The van der Waals surface area contributed by atoms with Gasteiger partial charge in [0.25, 0.3) is 0 Å². The number of halogens is 1. The lowest BCUT2D eigenvalue weighted by Gasteiger charge is -2.30. The maximum absolute atomic E-state index is 12.8. The molecule has 2 fully saturated rings. The molecule has 0 spiro atoms. The second-order valence-corrected chi connectivity index (χ2v) is 6.38. The third-order valence-electron chi connectivity index (χ3n) is 4.71. The Morgan fingerprint density at radius 2 is 1.70 bits per heavy atom. The fraction of sp³-hybridized carbons (Fsp3) is 0.562. The van der Waals surface area contributed by atoms with E-state index in [1.807, 2.05) is 32.0 Å². The van der Waals surface area contributed by atoms with Gasteiger partial charge in [0, 0.05) is 26.2 Å². The topological polar surface area (TPSA) is 32.3 Å². The Morgan fingerprint density at radius 1 is 1.15 bits per heavy atom. The minimum Gasteiger partial charge on any atom is -0.341 e. The van der Waals surface area contributed by atoms with Crippen LogP contribution < -0.4 is 5.32 Å². The molecule has 2 heterocycles. The first-order valence-electron chi connectivity index (χ1n) is 7.14. The second-order valence-electron chi connectivity index (χ2n) is 6.38. The Balaban J connectivity index is 0.00000147. The molecule has 0 radical (unpaired) electrons. The van der Waals surface area contributed by atoms with Gasteiger partial charge in [-0.15, -0.1) is 12.4 Å². The van der Waals surface area contributed by atoms with E-state index in [2.05, 4.69) is 22.3 Å². The molecule has 4 heteroatoms. The summed E-state index contributed by atoms with van der Waals surface area (Å²) in [5.41, 5.74) is 0.683. The zero-order valence-electron chi connectivity index (χ0n) is 12.1. The van der Waals surface area contributed by atoms with Gasteiger partial charge >= 0.3 is 0 Å². The Labute approximate surface area is 127 Å². The van der Waals surface area contributed by atoms with E-state index in [1.54, 1.807) is 0 Å². The molecule has 1 aromatic rings. The van der Waals surface area contributed by atoms with Crippen molar-refractivity contribution in [2.45, 2.75) is 19.3 Å². The van der Waals surface area contributed by atoms with E-state index in [0.717, 1.165) is 31.7 Å². The first-order valence-corrected chi connectivity index (χ1v) is 7.14. The smallest absolute Gasteiger partial charge is 0.232 e. The summed E-state index contributed by atoms with van der Waals surface area (Å²) in [5.74, 6) is 1.60. The molecule has 3 rings (SSSR count). The van der Waals surface area contributed by atoms with Gasteiger partial charge in [-0.3, -0.25) is 4.79 Å². The van der Waals surface area contributed by atoms with E-state index in [4.69, 9.17) is 0 Å². The van der Waals surface area contributed by atoms with Crippen LogP contribution in [-0.4, -0.2) is 37.0 Å². The Bertz CT molecular complexity index is 463. The molecule has 20 heavy (non-hydrogen) atoms. The van der Waals surface area contributed by atoms with Crippen molar-refractivity contribution < 1.29 is 4.79 Å². The van der Waals surface area contributed by atoms with Crippen LogP contribution in [0.1, 0.15) is 19.4 Å². The molecule has 0 aromatic heterocycles. The van der Waals surface area contributed by atoms with Crippen molar-refractivity contribution in [2.75, 3.05) is 26.2 Å². The summed E-state index contributed by atoms with van der Waals surface area (Å²) >= 11 is 0. The van der Waals surface area contributed by atoms with Crippen molar-refractivity contribution in [3.8, 4) is 0 Å². The Hall–Kier alpha value is -1.06. The van der Waals surface area contributed by atoms with Gasteiger partial charge in [-0.05, 0) is 31.2 Å². The molecule has 0 saturated carbocycles. The summed E-state index contributed by atoms with van der Waals surface area (Å²) in [6.07, 6.45) is 0. The number of rotatable bonds is 2. The van der Waals surface area contributed by atoms with E-state index < -0.39 is 5.41 Å². The molecule has 0 unspecified atom stereocenters. The zero-order valence-corrected chi connectivity index (χ0v) is 13.0. The number of nitrogens with zero attached hydrogens (tertiary/aromatic N) is 1. The van der Waals surface area contributed by atoms with E-state index in [-0.39, 0.29) is 18.3 Å². The van der Waals surface area contributed by atoms with Gasteiger partial charge in [-0.25, -0.2) is 0 Å². The monoisotopic (exact) mass is 294 g/mol. The highest BCUT2D eigenvalue weighted by Crippen LogP contribution is 2.32. The minimum absolute atomic E-state index is 0. The van der Waals surface area contributed by atoms with E-state index in [0.29, 0.717) is 11.8 Å². The molecule has 2 saturated heterocycles. The van der Waals surface area contributed by atoms with Gasteiger partial charge in [0.2, 0.25) is 5.91 Å². The highest BCUT2D eigenvalue weighted by atomic mass is 35.5. The molecule has 0 aliphatic carbocycles. The number of amides is 1. The van der Waals surface area contributed by atoms with Gasteiger partial charge in [0.05, 0.1) is 5.41 Å². The number of carbonyl (C=O) groups excluding carboxylic acids is 1. The van der Waals surface area contributed by atoms with Gasteiger partial charge in [0.15, 0.2) is 0 Å². The summed E-state index contributed by atoms with van der Waals surface area (Å²) in [5, 5.41) is 3.42. The third kappa shape index (κ3) is 2.57. The summed E-state index contributed by atoms with van der Waals surface area (Å²) in [6.45, 7) is 8.06. The molecule has 2 aliphatic heterocycles. The molecule has 0 bridgehead atoms. The quantitative estimate of drug-likeness (QED) is 0.905. The van der Waals surface area contributed by atoms with E-state index in [1.165, 1.54) is 0 Å². The largest absolute Gasteiger partial charge is 0.341 e. The fourth-order valence-corrected chi connectivity index (χ4v) is 3.39. The SMILES string of the molecule is CC(C)(C(=O)N1C[C@H]2CNC[C@H]2C1)c1ccccc1.Cl. The van der Waals surface area contributed by atoms with Crippen molar-refractivity contribution in [1.29, 1.82) is 0 Å². The molecule has 1 aromatic carbocycles. The molecular formula is C16H23ClN2O. The molecule has 2 atom stereocenters. The maximum Gasteiger partial charge on any atom is 0.232 e. The predicted octanol–water partition coefficient (Wildman–Crippen LogP) is 2.06. The first kappa shape index (κ1) is 15.3.